The first-order valence-electron chi connectivity index (χ1n) is 4.90. The number of aromatic carboxylic acids is 1. The van der Waals surface area contributed by atoms with E-state index in [1.807, 2.05) is 6.92 Å². The highest BCUT2D eigenvalue weighted by Crippen LogP contribution is 2.19. The SMILES string of the molecule is Cc1nn(C)cc1Nc1nnccc1C(=O)O. The second kappa shape index (κ2) is 4.20. The van der Waals surface area contributed by atoms with Crippen LogP contribution < -0.4 is 5.32 Å². The zero-order chi connectivity index (χ0) is 12.4. The maximum Gasteiger partial charge on any atom is 0.339 e. The van der Waals surface area contributed by atoms with Crippen molar-refractivity contribution in [1.82, 2.24) is 20.0 Å². The van der Waals surface area contributed by atoms with Crippen molar-refractivity contribution < 1.29 is 9.90 Å². The first-order valence-corrected chi connectivity index (χ1v) is 4.90. The second-order valence-electron chi connectivity index (χ2n) is 3.53. The lowest BCUT2D eigenvalue weighted by Crippen LogP contribution is -2.05. The summed E-state index contributed by atoms with van der Waals surface area (Å²) in [6, 6.07) is 1.39. The van der Waals surface area contributed by atoms with Crippen LogP contribution in [0.5, 0.6) is 0 Å². The number of hydrogen-bond acceptors (Lipinski definition) is 5. The number of anilines is 2. The zero-order valence-corrected chi connectivity index (χ0v) is 9.38. The number of hydrogen-bond donors (Lipinski definition) is 2. The van der Waals surface area contributed by atoms with Crippen molar-refractivity contribution in [3.05, 3.63) is 29.7 Å². The minimum atomic E-state index is -1.05. The van der Waals surface area contributed by atoms with Crippen LogP contribution in [0.15, 0.2) is 18.5 Å². The average Bonchev–Trinajstić information content (AvgIpc) is 2.58. The van der Waals surface area contributed by atoms with Crippen molar-refractivity contribution >= 4 is 17.5 Å². The van der Waals surface area contributed by atoms with E-state index in [4.69, 9.17) is 5.11 Å². The molecule has 0 aliphatic carbocycles. The Morgan fingerprint density at radius 3 is 2.88 bits per heavy atom. The summed E-state index contributed by atoms with van der Waals surface area (Å²) in [6.45, 7) is 1.82. The molecule has 17 heavy (non-hydrogen) atoms. The Morgan fingerprint density at radius 1 is 1.53 bits per heavy atom. The molecule has 7 nitrogen and oxygen atoms in total. The van der Waals surface area contributed by atoms with Crippen LogP contribution >= 0.6 is 0 Å². The molecule has 0 spiro atoms. The number of nitrogens with zero attached hydrogens (tertiary/aromatic N) is 4. The van der Waals surface area contributed by atoms with E-state index in [1.54, 1.807) is 17.9 Å². The lowest BCUT2D eigenvalue weighted by Gasteiger charge is -2.05. The van der Waals surface area contributed by atoms with Gasteiger partial charge in [0.1, 0.15) is 5.56 Å². The van der Waals surface area contributed by atoms with Crippen molar-refractivity contribution in [3.63, 3.8) is 0 Å². The van der Waals surface area contributed by atoms with E-state index in [-0.39, 0.29) is 11.4 Å². The molecule has 0 aliphatic rings. The summed E-state index contributed by atoms with van der Waals surface area (Å²) in [6.07, 6.45) is 3.08. The summed E-state index contributed by atoms with van der Waals surface area (Å²) < 4.78 is 1.63. The summed E-state index contributed by atoms with van der Waals surface area (Å²) in [7, 11) is 1.78. The predicted molar refractivity (Wildman–Crippen MR) is 60.2 cm³/mol. The Kier molecular flexibility index (Phi) is 2.73. The number of carboxylic acid groups (broad SMARTS) is 1. The van der Waals surface area contributed by atoms with Gasteiger partial charge in [0, 0.05) is 13.2 Å². The molecule has 0 amide bonds. The van der Waals surface area contributed by atoms with Gasteiger partial charge in [-0.3, -0.25) is 4.68 Å². The fourth-order valence-corrected chi connectivity index (χ4v) is 1.45. The van der Waals surface area contributed by atoms with Gasteiger partial charge in [-0.2, -0.15) is 10.2 Å². The van der Waals surface area contributed by atoms with E-state index in [1.165, 1.54) is 12.3 Å². The van der Waals surface area contributed by atoms with E-state index < -0.39 is 5.97 Å². The maximum atomic E-state index is 11.0. The van der Waals surface area contributed by atoms with Crippen molar-refractivity contribution in [1.29, 1.82) is 0 Å². The highest BCUT2D eigenvalue weighted by Gasteiger charge is 2.13. The third-order valence-corrected chi connectivity index (χ3v) is 2.22. The molecule has 0 bridgehead atoms. The predicted octanol–water partition coefficient (Wildman–Crippen LogP) is 0.960. The van der Waals surface area contributed by atoms with Crippen molar-refractivity contribution in [3.8, 4) is 0 Å². The van der Waals surface area contributed by atoms with Crippen molar-refractivity contribution in [2.45, 2.75) is 6.92 Å². The minimum absolute atomic E-state index is 0.0725. The molecule has 2 aromatic heterocycles. The summed E-state index contributed by atoms with van der Waals surface area (Å²) in [5.74, 6) is -0.847. The van der Waals surface area contributed by atoms with Gasteiger partial charge in [0.15, 0.2) is 5.82 Å². The van der Waals surface area contributed by atoms with Gasteiger partial charge in [-0.1, -0.05) is 0 Å². The molecule has 0 radical (unpaired) electrons. The van der Waals surface area contributed by atoms with Crippen LogP contribution in [0.2, 0.25) is 0 Å². The van der Waals surface area contributed by atoms with Gasteiger partial charge in [0.2, 0.25) is 0 Å². The van der Waals surface area contributed by atoms with E-state index in [2.05, 4.69) is 20.6 Å². The number of rotatable bonds is 3. The number of aromatic nitrogens is 4. The molecule has 2 rings (SSSR count). The van der Waals surface area contributed by atoms with Gasteiger partial charge in [-0.25, -0.2) is 4.79 Å². The van der Waals surface area contributed by atoms with Crippen molar-refractivity contribution in [2.24, 2.45) is 7.05 Å². The molecule has 88 valence electrons. The van der Waals surface area contributed by atoms with Crippen LogP contribution in [-0.2, 0) is 7.05 Å². The minimum Gasteiger partial charge on any atom is -0.478 e. The molecule has 2 N–H and O–H groups in total. The summed E-state index contributed by atoms with van der Waals surface area (Å²) in [5, 5.41) is 23.5. The fraction of sp³-hybridized carbons (Fsp3) is 0.200. The Balaban J connectivity index is 2.36. The topological polar surface area (TPSA) is 92.9 Å². The number of nitrogens with one attached hydrogen (secondary N) is 1. The first kappa shape index (κ1) is 11.1. The van der Waals surface area contributed by atoms with Gasteiger partial charge < -0.3 is 10.4 Å². The lowest BCUT2D eigenvalue weighted by molar-refractivity contribution is 0.0697. The molecule has 0 saturated heterocycles. The van der Waals surface area contributed by atoms with Crippen LogP contribution in [-0.4, -0.2) is 31.1 Å². The Morgan fingerprint density at radius 2 is 2.29 bits per heavy atom. The monoisotopic (exact) mass is 233 g/mol. The van der Waals surface area contributed by atoms with Crippen LogP contribution in [0, 0.1) is 6.92 Å². The highest BCUT2D eigenvalue weighted by molar-refractivity contribution is 5.93. The summed E-state index contributed by atoms with van der Waals surface area (Å²) in [4.78, 5) is 11.0. The molecule has 0 atom stereocenters. The normalized spacial score (nSPS) is 10.2. The van der Waals surface area contributed by atoms with Gasteiger partial charge >= 0.3 is 5.97 Å². The molecule has 2 aromatic rings. The molecule has 0 aliphatic heterocycles. The first-order chi connectivity index (χ1) is 8.08. The molecular weight excluding hydrogens is 222 g/mol. The van der Waals surface area contributed by atoms with Gasteiger partial charge in [-0.15, -0.1) is 5.10 Å². The molecule has 0 aromatic carbocycles. The number of aryl methyl sites for hydroxylation is 2. The molecule has 0 unspecified atom stereocenters. The molecule has 0 saturated carbocycles. The quantitative estimate of drug-likeness (QED) is 0.820. The Hall–Kier alpha value is -2.44. The van der Waals surface area contributed by atoms with Crippen molar-refractivity contribution in [2.75, 3.05) is 5.32 Å². The number of carbonyl (C=O) groups is 1. The molecule has 2 heterocycles. The molecule has 7 heteroatoms. The fourth-order valence-electron chi connectivity index (χ4n) is 1.45. The zero-order valence-electron chi connectivity index (χ0n) is 9.38. The van der Waals surface area contributed by atoms with Crippen LogP contribution in [0.4, 0.5) is 11.5 Å². The second-order valence-corrected chi connectivity index (χ2v) is 3.53. The van der Waals surface area contributed by atoms with E-state index in [9.17, 15) is 4.79 Å². The Labute approximate surface area is 97.1 Å². The van der Waals surface area contributed by atoms with E-state index in [0.29, 0.717) is 5.69 Å². The smallest absolute Gasteiger partial charge is 0.339 e. The van der Waals surface area contributed by atoms with E-state index in [0.717, 1.165) is 5.69 Å². The van der Waals surface area contributed by atoms with Gasteiger partial charge in [-0.05, 0) is 13.0 Å². The van der Waals surface area contributed by atoms with Crippen LogP contribution in [0.1, 0.15) is 16.1 Å². The lowest BCUT2D eigenvalue weighted by atomic mass is 10.2. The van der Waals surface area contributed by atoms with Crippen LogP contribution in [0.25, 0.3) is 0 Å². The standard InChI is InChI=1S/C10H11N5O2/c1-6-8(5-15(2)14-6)12-9-7(10(16)17)3-4-11-13-9/h3-5H,1-2H3,(H,12,13)(H,16,17). The number of carboxylic acids is 1. The Bertz CT molecular complexity index is 564. The van der Waals surface area contributed by atoms with E-state index >= 15 is 0 Å². The molecular formula is C10H11N5O2. The third-order valence-electron chi connectivity index (χ3n) is 2.22. The molecule has 0 fully saturated rings. The summed E-state index contributed by atoms with van der Waals surface area (Å²) in [5.41, 5.74) is 1.54. The maximum absolute atomic E-state index is 11.0. The van der Waals surface area contributed by atoms with Gasteiger partial charge in [0.05, 0.1) is 17.6 Å². The largest absolute Gasteiger partial charge is 0.478 e. The highest BCUT2D eigenvalue weighted by atomic mass is 16.4. The van der Waals surface area contributed by atoms with Gasteiger partial charge in [0.25, 0.3) is 0 Å². The third kappa shape index (κ3) is 2.22. The average molecular weight is 233 g/mol. The summed E-state index contributed by atoms with van der Waals surface area (Å²) >= 11 is 0. The van der Waals surface area contributed by atoms with Crippen LogP contribution in [0.3, 0.4) is 0 Å².